The number of nitrogens with zero attached hydrogens (tertiary/aromatic N) is 1. The third kappa shape index (κ3) is 8.62. The molecule has 2 nitrogen and oxygen atoms in total. The van der Waals surface area contributed by atoms with Gasteiger partial charge in [-0.25, -0.2) is 0 Å². The summed E-state index contributed by atoms with van der Waals surface area (Å²) in [7, 11) is 0. The van der Waals surface area contributed by atoms with Crippen molar-refractivity contribution in [3.05, 3.63) is 0 Å². The largest absolute Gasteiger partial charge is 0.315 e. The van der Waals surface area contributed by atoms with Crippen molar-refractivity contribution in [2.75, 3.05) is 32.7 Å². The minimum atomic E-state index is 1.03. The summed E-state index contributed by atoms with van der Waals surface area (Å²) < 4.78 is 0. The molecular formula is C15H32N2. The predicted octanol–water partition coefficient (Wildman–Crippen LogP) is 3.28. The number of hydrogen-bond acceptors (Lipinski definition) is 2. The van der Waals surface area contributed by atoms with Crippen LogP contribution in [0.4, 0.5) is 0 Å². The highest BCUT2D eigenvalue weighted by Crippen LogP contribution is 2.29. The van der Waals surface area contributed by atoms with Gasteiger partial charge in [0.25, 0.3) is 0 Å². The van der Waals surface area contributed by atoms with E-state index < -0.39 is 0 Å². The summed E-state index contributed by atoms with van der Waals surface area (Å²) in [6, 6.07) is 0. The molecule has 102 valence electrons. The summed E-state index contributed by atoms with van der Waals surface area (Å²) in [6.07, 6.45) is 9.73. The van der Waals surface area contributed by atoms with Crippen LogP contribution in [0.1, 0.15) is 58.8 Å². The molecule has 0 aliphatic heterocycles. The molecule has 1 aliphatic carbocycles. The fourth-order valence-electron chi connectivity index (χ4n) is 2.32. The number of nitrogens with one attached hydrogen (secondary N) is 1. The fourth-order valence-corrected chi connectivity index (χ4v) is 2.32. The maximum atomic E-state index is 3.59. The van der Waals surface area contributed by atoms with Crippen LogP contribution in [0.3, 0.4) is 0 Å². The average molecular weight is 240 g/mol. The van der Waals surface area contributed by atoms with Gasteiger partial charge in [0.15, 0.2) is 0 Å². The molecule has 0 atom stereocenters. The Balaban J connectivity index is 1.90. The van der Waals surface area contributed by atoms with E-state index in [9.17, 15) is 0 Å². The number of unbranched alkanes of at least 4 members (excludes halogenated alkanes) is 3. The molecule has 0 saturated heterocycles. The van der Waals surface area contributed by atoms with E-state index in [2.05, 4.69) is 24.1 Å². The highest BCUT2D eigenvalue weighted by Gasteiger charge is 2.23. The van der Waals surface area contributed by atoms with Crippen LogP contribution in [0.5, 0.6) is 0 Å². The van der Waals surface area contributed by atoms with Gasteiger partial charge in [0.1, 0.15) is 0 Å². The second-order valence-electron chi connectivity index (χ2n) is 5.55. The van der Waals surface area contributed by atoms with E-state index in [-0.39, 0.29) is 0 Å². The quantitative estimate of drug-likeness (QED) is 0.527. The van der Waals surface area contributed by atoms with Crippen LogP contribution in [0, 0.1) is 5.92 Å². The van der Waals surface area contributed by atoms with Crippen molar-refractivity contribution in [3.8, 4) is 0 Å². The second kappa shape index (κ2) is 9.90. The Morgan fingerprint density at radius 2 is 1.76 bits per heavy atom. The van der Waals surface area contributed by atoms with Gasteiger partial charge in [-0.2, -0.15) is 0 Å². The zero-order valence-corrected chi connectivity index (χ0v) is 12.0. The molecule has 1 fully saturated rings. The average Bonchev–Trinajstić information content (AvgIpc) is 3.12. The zero-order valence-electron chi connectivity index (χ0n) is 12.0. The summed E-state index contributed by atoms with van der Waals surface area (Å²) >= 11 is 0. The molecule has 0 aromatic carbocycles. The van der Waals surface area contributed by atoms with Crippen LogP contribution in [-0.4, -0.2) is 37.6 Å². The van der Waals surface area contributed by atoms with Gasteiger partial charge in [-0.3, -0.25) is 0 Å². The molecule has 0 amide bonds. The molecule has 0 unspecified atom stereocenters. The normalized spacial score (nSPS) is 15.7. The lowest BCUT2D eigenvalue weighted by Gasteiger charge is -2.21. The van der Waals surface area contributed by atoms with Crippen LogP contribution in [-0.2, 0) is 0 Å². The molecule has 0 bridgehead atoms. The smallest absolute Gasteiger partial charge is 0.0107 e. The predicted molar refractivity (Wildman–Crippen MR) is 76.5 cm³/mol. The van der Waals surface area contributed by atoms with E-state index in [4.69, 9.17) is 0 Å². The van der Waals surface area contributed by atoms with Gasteiger partial charge < -0.3 is 10.2 Å². The summed E-state index contributed by atoms with van der Waals surface area (Å²) in [4.78, 5) is 2.65. The Kier molecular flexibility index (Phi) is 8.72. The van der Waals surface area contributed by atoms with E-state index in [1.807, 2.05) is 0 Å². The highest BCUT2D eigenvalue weighted by molar-refractivity contribution is 4.77. The molecule has 1 saturated carbocycles. The first kappa shape index (κ1) is 15.0. The van der Waals surface area contributed by atoms with Gasteiger partial charge in [0, 0.05) is 19.6 Å². The van der Waals surface area contributed by atoms with Crippen LogP contribution in [0.25, 0.3) is 0 Å². The monoisotopic (exact) mass is 240 g/mol. The van der Waals surface area contributed by atoms with Gasteiger partial charge in [0.05, 0.1) is 0 Å². The summed E-state index contributed by atoms with van der Waals surface area (Å²) in [5, 5.41) is 3.59. The minimum Gasteiger partial charge on any atom is -0.315 e. The molecule has 0 spiro atoms. The van der Waals surface area contributed by atoms with Crippen molar-refractivity contribution in [1.29, 1.82) is 0 Å². The van der Waals surface area contributed by atoms with Crippen LogP contribution in [0.15, 0.2) is 0 Å². The summed E-state index contributed by atoms with van der Waals surface area (Å²) in [6.45, 7) is 10.8. The Morgan fingerprint density at radius 3 is 2.41 bits per heavy atom. The van der Waals surface area contributed by atoms with Crippen molar-refractivity contribution < 1.29 is 0 Å². The zero-order chi connectivity index (χ0) is 12.3. The van der Waals surface area contributed by atoms with E-state index in [0.29, 0.717) is 0 Å². The van der Waals surface area contributed by atoms with E-state index in [1.54, 1.807) is 0 Å². The Bertz CT molecular complexity index is 166. The minimum absolute atomic E-state index is 1.03. The topological polar surface area (TPSA) is 15.3 Å². The van der Waals surface area contributed by atoms with E-state index >= 15 is 0 Å². The third-order valence-corrected chi connectivity index (χ3v) is 3.57. The maximum absolute atomic E-state index is 3.59. The van der Waals surface area contributed by atoms with Crippen molar-refractivity contribution in [1.82, 2.24) is 10.2 Å². The summed E-state index contributed by atoms with van der Waals surface area (Å²) in [5.74, 6) is 1.03. The number of hydrogen-bond donors (Lipinski definition) is 1. The van der Waals surface area contributed by atoms with E-state index in [1.165, 1.54) is 77.7 Å². The first-order valence-corrected chi connectivity index (χ1v) is 7.79. The van der Waals surface area contributed by atoms with Gasteiger partial charge in [-0.05, 0) is 44.7 Å². The number of rotatable bonds is 12. The molecule has 1 N–H and O–H groups in total. The molecule has 0 aromatic heterocycles. The third-order valence-electron chi connectivity index (χ3n) is 3.57. The second-order valence-corrected chi connectivity index (χ2v) is 5.55. The highest BCUT2D eigenvalue weighted by atomic mass is 15.1. The van der Waals surface area contributed by atoms with Gasteiger partial charge in [-0.15, -0.1) is 0 Å². The molecular weight excluding hydrogens is 208 g/mol. The first-order valence-electron chi connectivity index (χ1n) is 7.79. The van der Waals surface area contributed by atoms with Crippen LogP contribution in [0.2, 0.25) is 0 Å². The Morgan fingerprint density at radius 1 is 0.941 bits per heavy atom. The first-order chi connectivity index (χ1) is 8.36. The molecule has 0 heterocycles. The fraction of sp³-hybridized carbons (Fsp3) is 1.00. The SMILES string of the molecule is CCCCCCNCCN(CCC)CC1CC1. The lowest BCUT2D eigenvalue weighted by atomic mass is 10.2. The Hall–Kier alpha value is -0.0800. The molecule has 0 aromatic rings. The van der Waals surface area contributed by atoms with Gasteiger partial charge in [-0.1, -0.05) is 33.1 Å². The lowest BCUT2D eigenvalue weighted by Crippen LogP contribution is -2.34. The molecule has 1 aliphatic rings. The van der Waals surface area contributed by atoms with Crippen LogP contribution < -0.4 is 5.32 Å². The summed E-state index contributed by atoms with van der Waals surface area (Å²) in [5.41, 5.74) is 0. The standard InChI is InChI=1S/C15H32N2/c1-3-5-6-7-10-16-11-13-17(12-4-2)14-15-8-9-15/h15-16H,3-14H2,1-2H3. The molecule has 0 radical (unpaired) electrons. The molecule has 2 heteroatoms. The van der Waals surface area contributed by atoms with Crippen LogP contribution >= 0.6 is 0 Å². The van der Waals surface area contributed by atoms with E-state index in [0.717, 1.165) is 5.92 Å². The van der Waals surface area contributed by atoms with Crippen molar-refractivity contribution >= 4 is 0 Å². The lowest BCUT2D eigenvalue weighted by molar-refractivity contribution is 0.263. The maximum Gasteiger partial charge on any atom is 0.0107 e. The Labute approximate surface area is 108 Å². The van der Waals surface area contributed by atoms with Crippen molar-refractivity contribution in [3.63, 3.8) is 0 Å². The molecule has 1 rings (SSSR count). The van der Waals surface area contributed by atoms with Gasteiger partial charge in [0.2, 0.25) is 0 Å². The molecule has 17 heavy (non-hydrogen) atoms. The van der Waals surface area contributed by atoms with Crippen molar-refractivity contribution in [2.45, 2.75) is 58.8 Å². The van der Waals surface area contributed by atoms with Gasteiger partial charge >= 0.3 is 0 Å². The van der Waals surface area contributed by atoms with Crippen molar-refractivity contribution in [2.24, 2.45) is 5.92 Å².